The van der Waals surface area contributed by atoms with Gasteiger partial charge in [0, 0.05) is 17.8 Å². The fourth-order valence-corrected chi connectivity index (χ4v) is 4.94. The number of carboxylic acids is 3. The first-order chi connectivity index (χ1) is 22.0. The lowest BCUT2D eigenvalue weighted by atomic mass is 9.89. The number of rotatable bonds is 6. The molecule has 4 N–H and O–H groups in total. The second kappa shape index (κ2) is 15.2. The number of aromatic carboxylic acids is 3. The molecule has 246 valence electrons. The van der Waals surface area contributed by atoms with Gasteiger partial charge in [-0.15, -0.1) is 0 Å². The molecule has 1 atom stereocenters. The summed E-state index contributed by atoms with van der Waals surface area (Å²) in [5.74, 6) is -3.24. The lowest BCUT2D eigenvalue weighted by Gasteiger charge is -2.21. The summed E-state index contributed by atoms with van der Waals surface area (Å²) in [6.07, 6.45) is 3.10. The largest absolute Gasteiger partial charge is 0.494 e. The van der Waals surface area contributed by atoms with Gasteiger partial charge in [0.05, 0.1) is 33.3 Å². The molecule has 12 nitrogen and oxygen atoms in total. The van der Waals surface area contributed by atoms with Crippen LogP contribution in [0.15, 0.2) is 59.9 Å². The van der Waals surface area contributed by atoms with Gasteiger partial charge in [0.2, 0.25) is 0 Å². The number of amides is 1. The third-order valence-electron chi connectivity index (χ3n) is 7.05. The first-order valence-electron chi connectivity index (χ1n) is 13.7. The Balaban J connectivity index is 0.000000196. The summed E-state index contributed by atoms with van der Waals surface area (Å²) < 4.78 is 4.82. The average Bonchev–Trinajstić information content (AvgIpc) is 3.33. The van der Waals surface area contributed by atoms with Gasteiger partial charge in [0.25, 0.3) is 5.91 Å². The van der Waals surface area contributed by atoms with Crippen molar-refractivity contribution < 1.29 is 39.2 Å². The number of amidine groups is 1. The monoisotopic (exact) mass is 702 g/mol. The van der Waals surface area contributed by atoms with E-state index in [9.17, 15) is 19.2 Å². The number of pyridine rings is 2. The zero-order valence-electron chi connectivity index (χ0n) is 25.6. The van der Waals surface area contributed by atoms with Gasteiger partial charge in [-0.3, -0.25) is 14.8 Å². The van der Waals surface area contributed by atoms with Gasteiger partial charge in [-0.2, -0.15) is 0 Å². The first-order valence-corrected chi connectivity index (χ1v) is 14.8. The maximum atomic E-state index is 12.0. The molecule has 0 saturated carbocycles. The minimum atomic E-state index is -1.16. The van der Waals surface area contributed by atoms with Crippen LogP contribution in [0.1, 0.15) is 63.1 Å². The quantitative estimate of drug-likeness (QED) is 0.169. The highest BCUT2D eigenvalue weighted by Crippen LogP contribution is 2.33. The summed E-state index contributed by atoms with van der Waals surface area (Å²) in [5, 5.41) is 30.9. The number of hydrogen-bond acceptors (Lipinski definition) is 8. The number of nitrogens with zero attached hydrogens (tertiary/aromatic N) is 3. The Labute approximate surface area is 284 Å². The van der Waals surface area contributed by atoms with Crippen LogP contribution >= 0.6 is 34.8 Å². The third-order valence-corrected chi connectivity index (χ3v) is 7.98. The van der Waals surface area contributed by atoms with E-state index in [-0.39, 0.29) is 60.9 Å². The number of nitrogens with one attached hydrogen (secondary N) is 1. The number of aryl methyl sites for hydroxylation is 1. The Morgan fingerprint density at radius 1 is 0.894 bits per heavy atom. The van der Waals surface area contributed by atoms with Crippen LogP contribution in [-0.2, 0) is 4.79 Å². The van der Waals surface area contributed by atoms with E-state index in [1.165, 1.54) is 37.6 Å². The molecule has 0 radical (unpaired) electrons. The van der Waals surface area contributed by atoms with Crippen molar-refractivity contribution in [2.45, 2.75) is 33.2 Å². The minimum absolute atomic E-state index is 0.00184. The predicted octanol–water partition coefficient (Wildman–Crippen LogP) is 6.67. The average molecular weight is 704 g/mol. The van der Waals surface area contributed by atoms with Crippen LogP contribution in [0.3, 0.4) is 0 Å². The molecule has 0 fully saturated rings. The summed E-state index contributed by atoms with van der Waals surface area (Å²) in [4.78, 5) is 57.3. The number of ether oxygens (including phenoxy) is 1. The van der Waals surface area contributed by atoms with Gasteiger partial charge in [0.15, 0.2) is 11.6 Å². The number of halogens is 3. The van der Waals surface area contributed by atoms with Gasteiger partial charge in [-0.1, -0.05) is 54.7 Å². The van der Waals surface area contributed by atoms with Gasteiger partial charge in [-0.25, -0.2) is 19.4 Å². The molecule has 3 heterocycles. The van der Waals surface area contributed by atoms with Crippen molar-refractivity contribution in [3.63, 3.8) is 0 Å². The van der Waals surface area contributed by atoms with E-state index in [0.717, 1.165) is 10.9 Å². The van der Waals surface area contributed by atoms with Crippen molar-refractivity contribution in [1.82, 2.24) is 15.3 Å². The molecule has 2 aromatic carbocycles. The Morgan fingerprint density at radius 3 is 2.02 bits per heavy atom. The number of aliphatic imine (C=N–C) groups is 1. The molecule has 0 spiro atoms. The van der Waals surface area contributed by atoms with E-state index in [0.29, 0.717) is 5.52 Å². The molecule has 0 saturated heterocycles. The Morgan fingerprint density at radius 2 is 1.49 bits per heavy atom. The van der Waals surface area contributed by atoms with E-state index in [4.69, 9.17) is 54.9 Å². The minimum Gasteiger partial charge on any atom is -0.494 e. The Hall–Kier alpha value is -4.78. The number of carbonyl (C=O) groups excluding carboxylic acids is 1. The zero-order valence-corrected chi connectivity index (χ0v) is 27.9. The number of hydrogen-bond donors (Lipinski definition) is 4. The molecule has 0 aliphatic carbocycles. The smallest absolute Gasteiger partial charge is 0.341 e. The molecule has 4 aromatic rings. The van der Waals surface area contributed by atoms with Crippen LogP contribution in [0.5, 0.6) is 5.75 Å². The predicted molar refractivity (Wildman–Crippen MR) is 178 cm³/mol. The molecule has 47 heavy (non-hydrogen) atoms. The number of fused-ring (bicyclic) bond motifs is 1. The van der Waals surface area contributed by atoms with Crippen LogP contribution < -0.4 is 10.1 Å². The van der Waals surface area contributed by atoms with Gasteiger partial charge < -0.3 is 25.4 Å². The van der Waals surface area contributed by atoms with Crippen molar-refractivity contribution >= 4 is 75.4 Å². The number of benzene rings is 2. The topological polar surface area (TPSA) is 188 Å². The van der Waals surface area contributed by atoms with Crippen molar-refractivity contribution in [3.05, 3.63) is 97.9 Å². The van der Waals surface area contributed by atoms with Gasteiger partial charge in [0.1, 0.15) is 22.4 Å². The van der Waals surface area contributed by atoms with Crippen LogP contribution in [-0.4, -0.2) is 67.6 Å². The normalized spacial score (nSPS) is 15.1. The molecule has 1 amide bonds. The molecule has 1 unspecified atom stereocenters. The lowest BCUT2D eigenvalue weighted by molar-refractivity contribution is -0.124. The highest BCUT2D eigenvalue weighted by Gasteiger charge is 2.43. The number of carbonyl (C=O) groups is 4. The summed E-state index contributed by atoms with van der Waals surface area (Å²) in [5.41, 5.74) is 0.692. The maximum absolute atomic E-state index is 12.0. The molecule has 1 aliphatic rings. The van der Waals surface area contributed by atoms with Crippen molar-refractivity contribution in [2.75, 3.05) is 7.11 Å². The zero-order chi connectivity index (χ0) is 35.2. The summed E-state index contributed by atoms with van der Waals surface area (Å²) in [6.45, 7) is 7.41. The summed E-state index contributed by atoms with van der Waals surface area (Å²) in [6, 6.07) is 11.1. The fraction of sp³-hybridized carbons (Fsp3) is 0.219. The maximum Gasteiger partial charge on any atom is 0.341 e. The van der Waals surface area contributed by atoms with Gasteiger partial charge in [-0.05, 0) is 61.7 Å². The highest BCUT2D eigenvalue weighted by atomic mass is 35.5. The summed E-state index contributed by atoms with van der Waals surface area (Å²) >= 11 is 17.2. The second-order valence-corrected chi connectivity index (χ2v) is 11.7. The molecule has 15 heteroatoms. The number of methoxy groups -OCH3 is 1. The number of aromatic nitrogens is 2. The van der Waals surface area contributed by atoms with Crippen LogP contribution in [0.4, 0.5) is 0 Å². The molecular weight excluding hydrogens is 675 g/mol. The summed E-state index contributed by atoms with van der Waals surface area (Å²) in [7, 11) is 1.34. The molecule has 0 bridgehead atoms. The molecule has 2 aromatic heterocycles. The molecule has 1 aliphatic heterocycles. The van der Waals surface area contributed by atoms with Crippen molar-refractivity contribution in [3.8, 4) is 5.75 Å². The standard InChI is InChI=1S/C13H15N3O3.C11H8ClNO2.C8H6Cl2O3/c1-7(2)13(3)12(19)15-10(16-13)9-8(11(17)18)5-4-6-14-9;1-6-4-7-2-3-8(12)9(11(14)15)10(7)13-5-6;1-13-7-5(10)3-2-4(9)6(7)8(11)12/h4-7H,1-3H3,(H,17,18)(H,15,16,19);2-5H,1H3,(H,14,15);2-3H,1H3,(H,11,12). The van der Waals surface area contributed by atoms with Crippen molar-refractivity contribution in [1.29, 1.82) is 0 Å². The van der Waals surface area contributed by atoms with Crippen LogP contribution in [0.2, 0.25) is 15.1 Å². The first kappa shape index (κ1) is 36.7. The van der Waals surface area contributed by atoms with Crippen LogP contribution in [0.25, 0.3) is 10.9 Å². The number of carboxylic acid groups (broad SMARTS) is 3. The van der Waals surface area contributed by atoms with Gasteiger partial charge >= 0.3 is 17.9 Å². The van der Waals surface area contributed by atoms with E-state index in [2.05, 4.69) is 20.3 Å². The second-order valence-electron chi connectivity index (χ2n) is 10.5. The molecule has 5 rings (SSSR count). The van der Waals surface area contributed by atoms with E-state index in [1.807, 2.05) is 26.8 Å². The Kier molecular flexibility index (Phi) is 11.9. The van der Waals surface area contributed by atoms with E-state index in [1.54, 1.807) is 25.3 Å². The van der Waals surface area contributed by atoms with E-state index >= 15 is 0 Å². The SMILES string of the molecule is CC(C)C1(C)N=C(c2ncccc2C(=O)O)NC1=O.COc1c(Cl)ccc(Cl)c1C(=O)O.Cc1cnc2c(C(=O)O)c(Cl)ccc2c1. The lowest BCUT2D eigenvalue weighted by Crippen LogP contribution is -2.41. The molecular formula is C32H29Cl3N4O8. The fourth-order valence-electron chi connectivity index (χ4n) is 4.24. The Bertz CT molecular complexity index is 1920. The van der Waals surface area contributed by atoms with Crippen molar-refractivity contribution in [2.24, 2.45) is 10.9 Å². The highest BCUT2D eigenvalue weighted by molar-refractivity contribution is 6.37. The third kappa shape index (κ3) is 8.15. The van der Waals surface area contributed by atoms with E-state index < -0.39 is 23.4 Å². The van der Waals surface area contributed by atoms with Crippen LogP contribution in [0, 0.1) is 12.8 Å².